The topological polar surface area (TPSA) is 121 Å². The maximum absolute atomic E-state index is 13.7. The second-order valence-electron chi connectivity index (χ2n) is 9.63. The van der Waals surface area contributed by atoms with Gasteiger partial charge in [-0.05, 0) is 65.7 Å². The zero-order valence-electron chi connectivity index (χ0n) is 22.2. The quantitative estimate of drug-likeness (QED) is 0.316. The van der Waals surface area contributed by atoms with Crippen LogP contribution in [-0.2, 0) is 0 Å². The maximum atomic E-state index is 13.7. The lowest BCUT2D eigenvalue weighted by atomic mass is 9.97. The fourth-order valence-corrected chi connectivity index (χ4v) is 5.01. The number of halogens is 1. The van der Waals surface area contributed by atoms with Crippen molar-refractivity contribution in [3.8, 4) is 0 Å². The van der Waals surface area contributed by atoms with Crippen LogP contribution in [0.1, 0.15) is 37.9 Å². The number of hydrogen-bond donors (Lipinski definition) is 3. The summed E-state index contributed by atoms with van der Waals surface area (Å²) in [5.74, 6) is -1.47. The van der Waals surface area contributed by atoms with E-state index >= 15 is 0 Å². The molecule has 1 atom stereocenters. The molecule has 1 aliphatic rings. The van der Waals surface area contributed by atoms with E-state index in [4.69, 9.17) is 5.73 Å². The predicted molar refractivity (Wildman–Crippen MR) is 154 cm³/mol. The van der Waals surface area contributed by atoms with Crippen LogP contribution < -0.4 is 21.3 Å². The summed E-state index contributed by atoms with van der Waals surface area (Å²) < 4.78 is 13.7. The highest BCUT2D eigenvalue weighted by atomic mass is 19.1. The van der Waals surface area contributed by atoms with E-state index in [-0.39, 0.29) is 17.4 Å². The first-order chi connectivity index (χ1) is 19.9. The van der Waals surface area contributed by atoms with Gasteiger partial charge >= 0.3 is 6.03 Å². The summed E-state index contributed by atoms with van der Waals surface area (Å²) in [6.07, 6.45) is 3.49. The minimum absolute atomic E-state index is 0.0923. The zero-order chi connectivity index (χ0) is 28.8. The van der Waals surface area contributed by atoms with Crippen LogP contribution in [0.25, 0.3) is 0 Å². The number of primary amides is 1. The van der Waals surface area contributed by atoms with Crippen LogP contribution in [0.15, 0.2) is 97.3 Å². The Hall–Kier alpha value is -5.09. The Labute approximate surface area is 236 Å². The van der Waals surface area contributed by atoms with Gasteiger partial charge in [0.1, 0.15) is 5.82 Å². The average Bonchev–Trinajstić information content (AvgIpc) is 2.99. The number of pyridine rings is 1. The number of nitrogens with zero attached hydrogens (tertiary/aromatic N) is 3. The van der Waals surface area contributed by atoms with Crippen molar-refractivity contribution < 1.29 is 18.8 Å². The Bertz CT molecular complexity index is 1530. The van der Waals surface area contributed by atoms with Crippen LogP contribution in [0, 0.1) is 5.82 Å². The third-order valence-corrected chi connectivity index (χ3v) is 7.02. The number of nitrogens with two attached hydrogens (primary N) is 1. The van der Waals surface area contributed by atoms with Crippen molar-refractivity contribution >= 4 is 29.2 Å². The monoisotopic (exact) mass is 552 g/mol. The van der Waals surface area contributed by atoms with E-state index in [2.05, 4.69) is 25.4 Å². The summed E-state index contributed by atoms with van der Waals surface area (Å²) >= 11 is 0. The van der Waals surface area contributed by atoms with Gasteiger partial charge in [0.15, 0.2) is 0 Å². The molecule has 4 aromatic rings. The average molecular weight is 553 g/mol. The van der Waals surface area contributed by atoms with Crippen molar-refractivity contribution in [3.05, 3.63) is 125 Å². The number of carbonyl (C=O) groups is 3. The van der Waals surface area contributed by atoms with Gasteiger partial charge in [-0.3, -0.25) is 24.8 Å². The predicted octanol–water partition coefficient (Wildman–Crippen LogP) is 4.19. The molecule has 4 N–H and O–H groups in total. The fourth-order valence-electron chi connectivity index (χ4n) is 5.01. The molecule has 0 bridgehead atoms. The molecule has 1 saturated heterocycles. The SMILES string of the molecule is NC(=O)c1ccc(N2CCN(C(c3ccncc3)c3ccc(F)cc3)CC2)c(NC(=O)NC(=O)c2ccccc2)c1. The minimum atomic E-state index is -0.727. The Morgan fingerprint density at radius 1 is 0.805 bits per heavy atom. The first-order valence-electron chi connectivity index (χ1n) is 13.1. The molecule has 208 valence electrons. The van der Waals surface area contributed by atoms with Crippen molar-refractivity contribution in [2.24, 2.45) is 5.73 Å². The van der Waals surface area contributed by atoms with Gasteiger partial charge in [-0.1, -0.05) is 30.3 Å². The molecule has 41 heavy (non-hydrogen) atoms. The molecule has 2 heterocycles. The number of carbonyl (C=O) groups excluding carboxylic acids is 3. The molecule has 5 rings (SSSR count). The van der Waals surface area contributed by atoms with Crippen LogP contribution in [0.5, 0.6) is 0 Å². The van der Waals surface area contributed by atoms with Gasteiger partial charge in [-0.15, -0.1) is 0 Å². The highest BCUT2D eigenvalue weighted by Gasteiger charge is 2.28. The van der Waals surface area contributed by atoms with Crippen molar-refractivity contribution in [2.75, 3.05) is 36.4 Å². The lowest BCUT2D eigenvalue weighted by Crippen LogP contribution is -2.48. The van der Waals surface area contributed by atoms with Crippen molar-refractivity contribution in [1.29, 1.82) is 0 Å². The fraction of sp³-hybridized carbons (Fsp3) is 0.161. The third kappa shape index (κ3) is 6.56. The Balaban J connectivity index is 1.34. The Kier molecular flexibility index (Phi) is 8.31. The molecule has 10 heteroatoms. The summed E-state index contributed by atoms with van der Waals surface area (Å²) in [5.41, 5.74) is 9.14. The number of piperazine rings is 1. The van der Waals surface area contributed by atoms with Gasteiger partial charge in [0.2, 0.25) is 5.91 Å². The molecule has 9 nitrogen and oxygen atoms in total. The molecule has 4 amide bonds. The molecule has 1 fully saturated rings. The summed E-state index contributed by atoms with van der Waals surface area (Å²) in [6, 6.07) is 22.9. The lowest BCUT2D eigenvalue weighted by molar-refractivity contribution is 0.0964. The Morgan fingerprint density at radius 2 is 1.46 bits per heavy atom. The van der Waals surface area contributed by atoms with Gasteiger partial charge < -0.3 is 16.0 Å². The molecule has 0 aliphatic carbocycles. The summed E-state index contributed by atoms with van der Waals surface area (Å²) in [4.78, 5) is 45.7. The van der Waals surface area contributed by atoms with Crippen LogP contribution in [0.3, 0.4) is 0 Å². The number of aromatic nitrogens is 1. The van der Waals surface area contributed by atoms with Crippen molar-refractivity contribution in [2.45, 2.75) is 6.04 Å². The highest BCUT2D eigenvalue weighted by molar-refractivity contribution is 6.09. The lowest BCUT2D eigenvalue weighted by Gasteiger charge is -2.41. The van der Waals surface area contributed by atoms with Gasteiger partial charge in [0.25, 0.3) is 5.91 Å². The first kappa shape index (κ1) is 27.5. The number of urea groups is 1. The standard InChI is InChI=1S/C31H29FN6O3/c32-25-9-6-21(7-10-25)28(22-12-14-34-15-13-22)38-18-16-37(17-19-38)27-11-8-24(29(33)39)20-26(27)35-31(41)36-30(40)23-4-2-1-3-5-23/h1-15,20,28H,16-19H2,(H2,33,39)(H2,35,36,40,41). The number of nitrogens with one attached hydrogen (secondary N) is 2. The molecule has 0 radical (unpaired) electrons. The van der Waals surface area contributed by atoms with E-state index in [9.17, 15) is 18.8 Å². The second kappa shape index (κ2) is 12.4. The van der Waals surface area contributed by atoms with Gasteiger partial charge in [0, 0.05) is 49.7 Å². The molecular weight excluding hydrogens is 523 g/mol. The van der Waals surface area contributed by atoms with E-state index in [1.54, 1.807) is 67.0 Å². The van der Waals surface area contributed by atoms with Crippen LogP contribution >= 0.6 is 0 Å². The van der Waals surface area contributed by atoms with Gasteiger partial charge in [-0.2, -0.15) is 0 Å². The van der Waals surface area contributed by atoms with Crippen LogP contribution in [0.2, 0.25) is 0 Å². The molecule has 1 unspecified atom stereocenters. The number of rotatable bonds is 7. The number of amides is 4. The van der Waals surface area contributed by atoms with Crippen LogP contribution in [-0.4, -0.2) is 53.9 Å². The summed E-state index contributed by atoms with van der Waals surface area (Å²) in [5, 5.41) is 5.04. The van der Waals surface area contributed by atoms with E-state index < -0.39 is 17.8 Å². The molecule has 3 aromatic carbocycles. The zero-order valence-corrected chi connectivity index (χ0v) is 22.2. The van der Waals surface area contributed by atoms with Crippen molar-refractivity contribution in [3.63, 3.8) is 0 Å². The minimum Gasteiger partial charge on any atom is -0.367 e. The molecule has 0 saturated carbocycles. The van der Waals surface area contributed by atoms with Gasteiger partial charge in [0.05, 0.1) is 17.4 Å². The van der Waals surface area contributed by atoms with E-state index in [1.807, 2.05) is 12.1 Å². The van der Waals surface area contributed by atoms with Crippen molar-refractivity contribution in [1.82, 2.24) is 15.2 Å². The number of anilines is 2. The number of imide groups is 1. The smallest absolute Gasteiger partial charge is 0.326 e. The maximum Gasteiger partial charge on any atom is 0.326 e. The van der Waals surface area contributed by atoms with Crippen LogP contribution in [0.4, 0.5) is 20.6 Å². The third-order valence-electron chi connectivity index (χ3n) is 7.02. The van der Waals surface area contributed by atoms with E-state index in [1.165, 1.54) is 18.2 Å². The summed E-state index contributed by atoms with van der Waals surface area (Å²) in [6.45, 7) is 2.55. The molecular formula is C31H29FN6O3. The molecule has 1 aliphatic heterocycles. The van der Waals surface area contributed by atoms with E-state index in [0.717, 1.165) is 11.1 Å². The largest absolute Gasteiger partial charge is 0.367 e. The second-order valence-corrected chi connectivity index (χ2v) is 9.63. The number of benzene rings is 3. The normalized spacial score (nSPS) is 14.2. The number of hydrogen-bond acceptors (Lipinski definition) is 6. The summed E-state index contributed by atoms with van der Waals surface area (Å²) in [7, 11) is 0. The molecule has 1 aromatic heterocycles. The van der Waals surface area contributed by atoms with Gasteiger partial charge in [-0.25, -0.2) is 9.18 Å². The van der Waals surface area contributed by atoms with E-state index in [0.29, 0.717) is 43.1 Å². The Morgan fingerprint density at radius 3 is 2.12 bits per heavy atom. The molecule has 0 spiro atoms. The highest BCUT2D eigenvalue weighted by Crippen LogP contribution is 2.33. The first-order valence-corrected chi connectivity index (χ1v) is 13.1.